The largest absolute Gasteiger partial charge is 0.299 e. The molecule has 4 nitrogen and oxygen atoms in total. The average Bonchev–Trinajstić information content (AvgIpc) is 3.23. The minimum absolute atomic E-state index is 0.141. The molecule has 104 valence electrons. The highest BCUT2D eigenvalue weighted by Gasteiger charge is 2.23. The van der Waals surface area contributed by atoms with Gasteiger partial charge in [0.2, 0.25) is 5.91 Å². The molecule has 0 heterocycles. The first kappa shape index (κ1) is 14.0. The Balaban J connectivity index is 2.02. The molecule has 1 fully saturated rings. The van der Waals surface area contributed by atoms with Crippen LogP contribution in [0.2, 0.25) is 0 Å². The monoisotopic (exact) mass is 261 g/mol. The molecule has 1 aliphatic carbocycles. The number of hydrogen-bond donors (Lipinski definition) is 2. The molecule has 0 aromatic heterocycles. The van der Waals surface area contributed by atoms with Crippen molar-refractivity contribution in [3.05, 3.63) is 35.4 Å². The van der Waals surface area contributed by atoms with Crippen molar-refractivity contribution in [3.8, 4) is 0 Å². The molecule has 0 aliphatic heterocycles. The molecule has 19 heavy (non-hydrogen) atoms. The van der Waals surface area contributed by atoms with Crippen molar-refractivity contribution in [2.24, 2.45) is 11.8 Å². The van der Waals surface area contributed by atoms with Crippen LogP contribution in [-0.4, -0.2) is 23.9 Å². The predicted molar refractivity (Wildman–Crippen MR) is 76.2 cm³/mol. The maximum absolute atomic E-state index is 11.4. The predicted octanol–water partition coefficient (Wildman–Crippen LogP) is 1.45. The topological polar surface area (TPSA) is 58.4 Å². The van der Waals surface area contributed by atoms with Gasteiger partial charge in [-0.05, 0) is 36.4 Å². The molecule has 1 aromatic rings. The van der Waals surface area contributed by atoms with Crippen molar-refractivity contribution in [1.29, 1.82) is 0 Å². The molecule has 0 saturated heterocycles. The van der Waals surface area contributed by atoms with Crippen molar-refractivity contribution in [2.45, 2.75) is 32.7 Å². The molecule has 4 heteroatoms. The van der Waals surface area contributed by atoms with Gasteiger partial charge in [-0.1, -0.05) is 31.2 Å². The fourth-order valence-corrected chi connectivity index (χ4v) is 2.32. The van der Waals surface area contributed by atoms with E-state index < -0.39 is 0 Å². The maximum atomic E-state index is 11.4. The van der Waals surface area contributed by atoms with Crippen molar-refractivity contribution in [1.82, 2.24) is 10.3 Å². The maximum Gasteiger partial charge on any atom is 0.238 e. The molecular weight excluding hydrogens is 238 g/mol. The van der Waals surface area contributed by atoms with Gasteiger partial charge in [0, 0.05) is 13.1 Å². The quantitative estimate of drug-likeness (QED) is 0.444. The molecule has 1 aliphatic rings. The summed E-state index contributed by atoms with van der Waals surface area (Å²) in [6, 6.07) is 8.12. The van der Waals surface area contributed by atoms with Crippen LogP contribution >= 0.6 is 0 Å². The lowest BCUT2D eigenvalue weighted by molar-refractivity contribution is -0.120. The van der Waals surface area contributed by atoms with Crippen LogP contribution in [0.5, 0.6) is 0 Å². The van der Waals surface area contributed by atoms with E-state index in [2.05, 4.69) is 23.3 Å². The van der Waals surface area contributed by atoms with Gasteiger partial charge in [0.05, 0.1) is 6.42 Å². The molecule has 2 rings (SSSR count). The average molecular weight is 261 g/mol. The second-order valence-electron chi connectivity index (χ2n) is 5.28. The van der Waals surface area contributed by atoms with E-state index in [-0.39, 0.29) is 5.91 Å². The van der Waals surface area contributed by atoms with Crippen LogP contribution in [0.3, 0.4) is 0 Å². The lowest BCUT2D eigenvalue weighted by atomic mass is 10.0. The zero-order valence-corrected chi connectivity index (χ0v) is 11.6. The van der Waals surface area contributed by atoms with Crippen molar-refractivity contribution >= 4 is 5.91 Å². The summed E-state index contributed by atoms with van der Waals surface area (Å²) in [5.41, 5.74) is 4.50. The van der Waals surface area contributed by atoms with Gasteiger partial charge in [-0.15, -0.1) is 0 Å². The van der Waals surface area contributed by atoms with E-state index in [1.165, 1.54) is 24.9 Å². The number of amides is 1. The minimum Gasteiger partial charge on any atom is -0.299 e. The summed E-state index contributed by atoms with van der Waals surface area (Å²) < 4.78 is 0. The lowest BCUT2D eigenvalue weighted by Crippen LogP contribution is -2.32. The van der Waals surface area contributed by atoms with E-state index in [9.17, 15) is 4.79 Å². The van der Waals surface area contributed by atoms with Crippen LogP contribution in [0, 0.1) is 5.92 Å². The first-order valence-electron chi connectivity index (χ1n) is 7.01. The first-order valence-corrected chi connectivity index (χ1v) is 7.01. The lowest BCUT2D eigenvalue weighted by Gasteiger charge is -2.21. The van der Waals surface area contributed by atoms with E-state index >= 15 is 0 Å². The number of hydrazine groups is 1. The molecule has 0 unspecified atom stereocenters. The summed E-state index contributed by atoms with van der Waals surface area (Å²) in [6.07, 6.45) is 3.09. The van der Waals surface area contributed by atoms with Crippen molar-refractivity contribution < 1.29 is 4.79 Å². The van der Waals surface area contributed by atoms with Crippen LogP contribution in [-0.2, 0) is 17.8 Å². The number of benzene rings is 1. The highest BCUT2D eigenvalue weighted by molar-refractivity contribution is 5.78. The van der Waals surface area contributed by atoms with Crippen molar-refractivity contribution in [2.75, 3.05) is 13.1 Å². The SMILES string of the molecule is CCN(Cc1ccccc1CC(=O)NN)CC1CC1. The zero-order chi connectivity index (χ0) is 13.7. The summed E-state index contributed by atoms with van der Waals surface area (Å²) in [5.74, 6) is 5.91. The summed E-state index contributed by atoms with van der Waals surface area (Å²) in [7, 11) is 0. The second-order valence-corrected chi connectivity index (χ2v) is 5.28. The molecular formula is C15H23N3O. The third-order valence-corrected chi connectivity index (χ3v) is 3.68. The van der Waals surface area contributed by atoms with Gasteiger partial charge < -0.3 is 0 Å². The molecule has 0 atom stereocenters. The summed E-state index contributed by atoms with van der Waals surface area (Å²) in [5, 5.41) is 0. The Hall–Kier alpha value is -1.39. The van der Waals surface area contributed by atoms with Gasteiger partial charge in [-0.25, -0.2) is 5.84 Å². The fraction of sp³-hybridized carbons (Fsp3) is 0.533. The molecule has 1 amide bonds. The summed E-state index contributed by atoms with van der Waals surface area (Å²) >= 11 is 0. The van der Waals surface area contributed by atoms with E-state index in [0.29, 0.717) is 6.42 Å². The van der Waals surface area contributed by atoms with Crippen LogP contribution < -0.4 is 11.3 Å². The molecule has 1 aromatic carbocycles. The summed E-state index contributed by atoms with van der Waals surface area (Å²) in [4.78, 5) is 13.9. The molecule has 3 N–H and O–H groups in total. The Morgan fingerprint density at radius 3 is 2.63 bits per heavy atom. The van der Waals surface area contributed by atoms with Crippen LogP contribution in [0.25, 0.3) is 0 Å². The highest BCUT2D eigenvalue weighted by atomic mass is 16.2. The normalized spacial score (nSPS) is 14.7. The Morgan fingerprint density at radius 1 is 1.37 bits per heavy atom. The van der Waals surface area contributed by atoms with Crippen LogP contribution in [0.1, 0.15) is 30.9 Å². The highest BCUT2D eigenvalue weighted by Crippen LogP contribution is 2.30. The number of nitrogens with zero attached hydrogens (tertiary/aromatic N) is 1. The minimum atomic E-state index is -0.141. The van der Waals surface area contributed by atoms with E-state index in [1.807, 2.05) is 18.2 Å². The van der Waals surface area contributed by atoms with Gasteiger partial charge in [-0.2, -0.15) is 0 Å². The summed E-state index contributed by atoms with van der Waals surface area (Å²) in [6.45, 7) is 5.33. The molecule has 1 saturated carbocycles. The molecule has 0 spiro atoms. The smallest absolute Gasteiger partial charge is 0.238 e. The van der Waals surface area contributed by atoms with Crippen molar-refractivity contribution in [3.63, 3.8) is 0 Å². The number of carbonyl (C=O) groups excluding carboxylic acids is 1. The van der Waals surface area contributed by atoms with E-state index in [1.54, 1.807) is 0 Å². The van der Waals surface area contributed by atoms with E-state index in [0.717, 1.165) is 24.6 Å². The number of hydrogen-bond acceptors (Lipinski definition) is 3. The van der Waals surface area contributed by atoms with Gasteiger partial charge >= 0.3 is 0 Å². The third-order valence-electron chi connectivity index (χ3n) is 3.68. The Labute approximate surface area is 114 Å². The van der Waals surface area contributed by atoms with Gasteiger partial charge in [0.1, 0.15) is 0 Å². The van der Waals surface area contributed by atoms with Crippen LogP contribution in [0.15, 0.2) is 24.3 Å². The number of rotatable bonds is 7. The Bertz CT molecular complexity index is 429. The van der Waals surface area contributed by atoms with Gasteiger partial charge in [0.15, 0.2) is 0 Å². The van der Waals surface area contributed by atoms with E-state index in [4.69, 9.17) is 5.84 Å². The fourth-order valence-electron chi connectivity index (χ4n) is 2.32. The number of nitrogens with one attached hydrogen (secondary N) is 1. The zero-order valence-electron chi connectivity index (χ0n) is 11.6. The third kappa shape index (κ3) is 4.33. The Kier molecular flexibility index (Phi) is 4.93. The number of nitrogens with two attached hydrogens (primary N) is 1. The Morgan fingerprint density at radius 2 is 2.05 bits per heavy atom. The first-order chi connectivity index (χ1) is 9.22. The van der Waals surface area contributed by atoms with Gasteiger partial charge in [0.25, 0.3) is 0 Å². The molecule has 0 radical (unpaired) electrons. The standard InChI is InChI=1S/C15H23N3O/c1-2-18(10-12-7-8-12)11-14-6-4-3-5-13(14)9-15(19)17-16/h3-6,12H,2,7-11,16H2,1H3,(H,17,19). The number of carbonyl (C=O) groups is 1. The van der Waals surface area contributed by atoms with Crippen LogP contribution in [0.4, 0.5) is 0 Å². The van der Waals surface area contributed by atoms with Gasteiger partial charge in [-0.3, -0.25) is 15.1 Å². The second kappa shape index (κ2) is 6.68. The molecule has 0 bridgehead atoms.